The first-order valence-corrected chi connectivity index (χ1v) is 10.3. The molecule has 3 aromatic carbocycles. The largest absolute Gasteiger partial charge is 0.497 e. The van der Waals surface area contributed by atoms with E-state index in [2.05, 4.69) is 35.3 Å². The van der Waals surface area contributed by atoms with Crippen LogP contribution in [0, 0.1) is 0 Å². The van der Waals surface area contributed by atoms with Crippen molar-refractivity contribution in [2.24, 2.45) is 0 Å². The molecule has 1 N–H and O–H groups in total. The van der Waals surface area contributed by atoms with Crippen LogP contribution in [0.5, 0.6) is 5.75 Å². The number of hydrogen-bond donors (Lipinski definition) is 1. The van der Waals surface area contributed by atoms with Crippen LogP contribution in [0.3, 0.4) is 0 Å². The topological polar surface area (TPSA) is 51.3 Å². The van der Waals surface area contributed by atoms with Crippen LogP contribution in [-0.4, -0.2) is 24.2 Å². The van der Waals surface area contributed by atoms with Crippen LogP contribution >= 0.6 is 0 Å². The van der Waals surface area contributed by atoms with Gasteiger partial charge in [0.1, 0.15) is 11.9 Å². The number of carbonyl (C=O) groups is 1. The van der Waals surface area contributed by atoms with E-state index in [1.54, 1.807) is 19.2 Å². The lowest BCUT2D eigenvalue weighted by Crippen LogP contribution is -2.25. The van der Waals surface area contributed by atoms with Gasteiger partial charge < -0.3 is 14.5 Å². The third-order valence-corrected chi connectivity index (χ3v) is 5.85. The predicted octanol–water partition coefficient (Wildman–Crippen LogP) is 5.56. The molecular formula is C26H23NO3. The van der Waals surface area contributed by atoms with Crippen LogP contribution in [0.2, 0.25) is 0 Å². The van der Waals surface area contributed by atoms with E-state index in [9.17, 15) is 4.79 Å². The number of aromatic amines is 1. The summed E-state index contributed by atoms with van der Waals surface area (Å²) in [5, 5.41) is 1.21. The molecule has 4 nitrogen and oxygen atoms in total. The number of H-pyrrole nitrogens is 1. The van der Waals surface area contributed by atoms with Crippen molar-refractivity contribution in [2.45, 2.75) is 25.4 Å². The van der Waals surface area contributed by atoms with Gasteiger partial charge in [-0.2, -0.15) is 0 Å². The highest BCUT2D eigenvalue weighted by Crippen LogP contribution is 2.33. The maximum absolute atomic E-state index is 12.5. The van der Waals surface area contributed by atoms with Crippen molar-refractivity contribution in [2.75, 3.05) is 7.11 Å². The Morgan fingerprint density at radius 2 is 1.73 bits per heavy atom. The Labute approximate surface area is 175 Å². The van der Waals surface area contributed by atoms with E-state index in [0.717, 1.165) is 41.7 Å². The summed E-state index contributed by atoms with van der Waals surface area (Å²) in [6, 6.07) is 23.8. The molecule has 1 unspecified atom stereocenters. The number of fused-ring (bicyclic) bond motifs is 3. The standard InChI is InChI=1S/C26H23NO3/c1-29-20-10-7-17(8-11-20)19-9-13-24-22(15-19)23-16-21(12-14-25(23)27-24)30-26(28)18-5-3-2-4-6-18/h2-11,13,15,21,27H,12,14,16H2,1H3. The van der Waals surface area contributed by atoms with Crippen LogP contribution in [0.25, 0.3) is 22.0 Å². The van der Waals surface area contributed by atoms with Crippen molar-refractivity contribution in [3.63, 3.8) is 0 Å². The average molecular weight is 397 g/mol. The first-order chi connectivity index (χ1) is 14.7. The number of rotatable bonds is 4. The third kappa shape index (κ3) is 3.45. The fourth-order valence-corrected chi connectivity index (χ4v) is 4.24. The summed E-state index contributed by atoms with van der Waals surface area (Å²) < 4.78 is 11.1. The number of hydrogen-bond acceptors (Lipinski definition) is 3. The van der Waals surface area contributed by atoms with Crippen LogP contribution in [0.4, 0.5) is 0 Å². The molecule has 0 saturated carbocycles. The second-order valence-corrected chi connectivity index (χ2v) is 7.71. The summed E-state index contributed by atoms with van der Waals surface area (Å²) >= 11 is 0. The van der Waals surface area contributed by atoms with Gasteiger partial charge in [-0.15, -0.1) is 0 Å². The fourth-order valence-electron chi connectivity index (χ4n) is 4.24. The van der Waals surface area contributed by atoms with Gasteiger partial charge in [0, 0.05) is 23.0 Å². The number of aryl methyl sites for hydroxylation is 1. The molecule has 0 spiro atoms. The van der Waals surface area contributed by atoms with Crippen molar-refractivity contribution in [3.8, 4) is 16.9 Å². The van der Waals surface area contributed by atoms with Crippen molar-refractivity contribution in [3.05, 3.63) is 89.6 Å². The first-order valence-electron chi connectivity index (χ1n) is 10.3. The molecule has 1 aliphatic carbocycles. The SMILES string of the molecule is COc1ccc(-c2ccc3[nH]c4c(c3c2)CC(OC(=O)c2ccccc2)CC4)cc1. The van der Waals surface area contributed by atoms with E-state index >= 15 is 0 Å². The second kappa shape index (κ2) is 7.71. The van der Waals surface area contributed by atoms with Gasteiger partial charge in [-0.3, -0.25) is 0 Å². The summed E-state index contributed by atoms with van der Waals surface area (Å²) in [4.78, 5) is 16.0. The smallest absolute Gasteiger partial charge is 0.338 e. The minimum Gasteiger partial charge on any atom is -0.497 e. The Morgan fingerprint density at radius 1 is 0.967 bits per heavy atom. The van der Waals surface area contributed by atoms with Gasteiger partial charge in [0.2, 0.25) is 0 Å². The number of nitrogens with one attached hydrogen (secondary N) is 1. The van der Waals surface area contributed by atoms with Crippen LogP contribution in [0.15, 0.2) is 72.8 Å². The highest BCUT2D eigenvalue weighted by atomic mass is 16.5. The van der Waals surface area contributed by atoms with Crippen LogP contribution in [0.1, 0.15) is 28.0 Å². The monoisotopic (exact) mass is 397 g/mol. The molecule has 0 radical (unpaired) electrons. The lowest BCUT2D eigenvalue weighted by atomic mass is 9.92. The normalized spacial score (nSPS) is 15.6. The van der Waals surface area contributed by atoms with Gasteiger partial charge in [-0.05, 0) is 65.9 Å². The average Bonchev–Trinajstić information content (AvgIpc) is 3.17. The maximum Gasteiger partial charge on any atom is 0.338 e. The fraction of sp³-hybridized carbons (Fsp3) is 0.192. The molecule has 30 heavy (non-hydrogen) atoms. The molecule has 1 aromatic heterocycles. The van der Waals surface area contributed by atoms with Crippen LogP contribution in [-0.2, 0) is 17.6 Å². The lowest BCUT2D eigenvalue weighted by molar-refractivity contribution is 0.0271. The van der Waals surface area contributed by atoms with Gasteiger partial charge in [-0.1, -0.05) is 36.4 Å². The molecule has 0 fully saturated rings. The van der Waals surface area contributed by atoms with Gasteiger partial charge in [0.25, 0.3) is 0 Å². The van der Waals surface area contributed by atoms with E-state index in [1.807, 2.05) is 30.3 Å². The minimum atomic E-state index is -0.247. The van der Waals surface area contributed by atoms with E-state index in [0.29, 0.717) is 5.56 Å². The summed E-state index contributed by atoms with van der Waals surface area (Å²) in [6.07, 6.45) is 2.35. The number of ether oxygens (including phenoxy) is 2. The van der Waals surface area contributed by atoms with Crippen molar-refractivity contribution < 1.29 is 14.3 Å². The molecule has 4 aromatic rings. The molecule has 1 aliphatic rings. The first kappa shape index (κ1) is 18.5. The second-order valence-electron chi connectivity index (χ2n) is 7.71. The lowest BCUT2D eigenvalue weighted by Gasteiger charge is -2.23. The summed E-state index contributed by atoms with van der Waals surface area (Å²) in [6.45, 7) is 0. The zero-order valence-corrected chi connectivity index (χ0v) is 16.9. The molecule has 1 heterocycles. The Kier molecular flexibility index (Phi) is 4.75. The van der Waals surface area contributed by atoms with Crippen molar-refractivity contribution in [1.29, 1.82) is 0 Å². The Bertz CT molecular complexity index is 1190. The summed E-state index contributed by atoms with van der Waals surface area (Å²) in [5.74, 6) is 0.602. The Hall–Kier alpha value is -3.53. The number of methoxy groups -OCH3 is 1. The summed E-state index contributed by atoms with van der Waals surface area (Å²) in [5.41, 5.74) is 6.56. The molecular weight excluding hydrogens is 374 g/mol. The van der Waals surface area contributed by atoms with E-state index < -0.39 is 0 Å². The predicted molar refractivity (Wildman–Crippen MR) is 118 cm³/mol. The van der Waals surface area contributed by atoms with Crippen molar-refractivity contribution in [1.82, 2.24) is 4.98 Å². The molecule has 0 saturated heterocycles. The number of esters is 1. The highest BCUT2D eigenvalue weighted by Gasteiger charge is 2.25. The summed E-state index contributed by atoms with van der Waals surface area (Å²) in [7, 11) is 1.67. The third-order valence-electron chi connectivity index (χ3n) is 5.85. The molecule has 0 amide bonds. The molecule has 150 valence electrons. The van der Waals surface area contributed by atoms with Gasteiger partial charge in [0.15, 0.2) is 0 Å². The van der Waals surface area contributed by atoms with Gasteiger partial charge >= 0.3 is 5.97 Å². The van der Waals surface area contributed by atoms with E-state index in [4.69, 9.17) is 9.47 Å². The number of aromatic nitrogens is 1. The molecule has 0 bridgehead atoms. The highest BCUT2D eigenvalue weighted by molar-refractivity contribution is 5.90. The van der Waals surface area contributed by atoms with Crippen molar-refractivity contribution >= 4 is 16.9 Å². The van der Waals surface area contributed by atoms with Crippen LogP contribution < -0.4 is 4.74 Å². The molecule has 5 rings (SSSR count). The molecule has 4 heteroatoms. The number of carbonyl (C=O) groups excluding carboxylic acids is 1. The van der Waals surface area contributed by atoms with E-state index in [1.165, 1.54) is 16.6 Å². The zero-order valence-electron chi connectivity index (χ0n) is 16.9. The molecule has 0 aliphatic heterocycles. The van der Waals surface area contributed by atoms with Gasteiger partial charge in [0.05, 0.1) is 12.7 Å². The Balaban J connectivity index is 1.42. The number of benzene rings is 3. The quantitative estimate of drug-likeness (QED) is 0.459. The maximum atomic E-state index is 12.5. The molecule has 1 atom stereocenters. The van der Waals surface area contributed by atoms with Gasteiger partial charge in [-0.25, -0.2) is 4.79 Å². The zero-order chi connectivity index (χ0) is 20.5. The minimum absolute atomic E-state index is 0.103. The Morgan fingerprint density at radius 3 is 2.50 bits per heavy atom. The van der Waals surface area contributed by atoms with E-state index in [-0.39, 0.29) is 12.1 Å².